The molecule has 0 amide bonds. The van der Waals surface area contributed by atoms with E-state index in [4.69, 9.17) is 9.16 Å². The molecule has 1 unspecified atom stereocenters. The Bertz CT molecular complexity index is 422. The summed E-state index contributed by atoms with van der Waals surface area (Å²) in [5.41, 5.74) is 0. The zero-order chi connectivity index (χ0) is 16.1. The minimum Gasteiger partial charge on any atom is -0.465 e. The molecule has 0 aliphatic carbocycles. The van der Waals surface area contributed by atoms with Gasteiger partial charge in [-0.2, -0.15) is 0 Å². The van der Waals surface area contributed by atoms with Gasteiger partial charge in [0.1, 0.15) is 5.25 Å². The van der Waals surface area contributed by atoms with E-state index in [0.717, 1.165) is 17.9 Å². The lowest BCUT2D eigenvalue weighted by Gasteiger charge is -2.36. The predicted octanol–water partition coefficient (Wildman–Crippen LogP) is 4.52. The normalized spacial score (nSPS) is 21.0. The minimum atomic E-state index is -1.65. The van der Waals surface area contributed by atoms with Gasteiger partial charge in [-0.05, 0) is 31.5 Å². The number of allylic oxidation sites excluding steroid dienone is 1. The van der Waals surface area contributed by atoms with Crippen LogP contribution in [0.1, 0.15) is 34.1 Å². The molecule has 0 radical (unpaired) electrons. The molecular formula is C16H28O3SSi. The highest BCUT2D eigenvalue weighted by Crippen LogP contribution is 2.37. The van der Waals surface area contributed by atoms with E-state index < -0.39 is 8.32 Å². The molecule has 120 valence electrons. The van der Waals surface area contributed by atoms with Crippen molar-refractivity contribution in [1.82, 2.24) is 0 Å². The molecule has 0 saturated carbocycles. The van der Waals surface area contributed by atoms with Crippen molar-refractivity contribution in [2.75, 3.05) is 13.2 Å². The first-order valence-corrected chi connectivity index (χ1v) is 11.3. The molecule has 0 aromatic heterocycles. The number of ether oxygens (including phenoxy) is 1. The van der Waals surface area contributed by atoms with Crippen LogP contribution in [-0.2, 0) is 14.0 Å². The summed E-state index contributed by atoms with van der Waals surface area (Å²) >= 11 is 1.55. The van der Waals surface area contributed by atoms with E-state index in [0.29, 0.717) is 6.61 Å². The van der Waals surface area contributed by atoms with Gasteiger partial charge in [-0.25, -0.2) is 0 Å². The average Bonchev–Trinajstić information content (AvgIpc) is 2.82. The third-order valence-electron chi connectivity index (χ3n) is 3.95. The maximum Gasteiger partial charge on any atom is 0.323 e. The van der Waals surface area contributed by atoms with Crippen molar-refractivity contribution < 1.29 is 14.0 Å². The lowest BCUT2D eigenvalue weighted by atomic mass is 10.2. The zero-order valence-corrected chi connectivity index (χ0v) is 15.9. The Morgan fingerprint density at radius 1 is 1.43 bits per heavy atom. The van der Waals surface area contributed by atoms with Crippen LogP contribution in [-0.4, -0.2) is 32.8 Å². The average molecular weight is 329 g/mol. The second-order valence-corrected chi connectivity index (χ2v) is 12.7. The fraction of sp³-hybridized carbons (Fsp3) is 0.688. The first-order valence-electron chi connectivity index (χ1n) is 7.53. The molecule has 5 heteroatoms. The van der Waals surface area contributed by atoms with Crippen LogP contribution < -0.4 is 0 Å². The van der Waals surface area contributed by atoms with Crippen LogP contribution in [0.2, 0.25) is 18.1 Å². The summed E-state index contributed by atoms with van der Waals surface area (Å²) in [6.45, 7) is 14.3. The van der Waals surface area contributed by atoms with Gasteiger partial charge in [0.2, 0.25) is 0 Å². The van der Waals surface area contributed by atoms with Gasteiger partial charge in [-0.15, -0.1) is 11.8 Å². The minimum absolute atomic E-state index is 0.153. The predicted molar refractivity (Wildman–Crippen MR) is 93.0 cm³/mol. The molecule has 1 aliphatic heterocycles. The summed E-state index contributed by atoms with van der Waals surface area (Å²) in [5.74, 6) is -0.153. The Balaban J connectivity index is 2.37. The molecule has 0 fully saturated rings. The molecule has 1 heterocycles. The van der Waals surface area contributed by atoms with Crippen LogP contribution in [0.25, 0.3) is 0 Å². The van der Waals surface area contributed by atoms with Gasteiger partial charge in [-0.1, -0.05) is 39.0 Å². The van der Waals surface area contributed by atoms with Crippen molar-refractivity contribution >= 4 is 26.0 Å². The molecule has 0 bridgehead atoms. The number of rotatable bonds is 6. The third kappa shape index (κ3) is 5.64. The second-order valence-electron chi connectivity index (χ2n) is 6.65. The summed E-state index contributed by atoms with van der Waals surface area (Å²) in [7, 11) is -1.65. The zero-order valence-electron chi connectivity index (χ0n) is 14.1. The van der Waals surface area contributed by atoms with Crippen LogP contribution in [0.3, 0.4) is 0 Å². The Hall–Kier alpha value is -0.523. The van der Waals surface area contributed by atoms with Gasteiger partial charge < -0.3 is 9.16 Å². The Kier molecular flexibility index (Phi) is 6.75. The highest BCUT2D eigenvalue weighted by atomic mass is 32.2. The van der Waals surface area contributed by atoms with Crippen LogP contribution in [0.5, 0.6) is 0 Å². The van der Waals surface area contributed by atoms with Crippen molar-refractivity contribution in [2.45, 2.75) is 57.5 Å². The summed E-state index contributed by atoms with van der Waals surface area (Å²) in [5, 5.41) is 0.0643. The number of carbonyl (C=O) groups excluding carboxylic acids is 1. The molecule has 0 aromatic rings. The van der Waals surface area contributed by atoms with Crippen LogP contribution in [0, 0.1) is 0 Å². The topological polar surface area (TPSA) is 35.5 Å². The van der Waals surface area contributed by atoms with Crippen molar-refractivity contribution in [1.29, 1.82) is 0 Å². The number of carbonyl (C=O) groups is 1. The van der Waals surface area contributed by atoms with Crippen molar-refractivity contribution in [3.63, 3.8) is 0 Å². The van der Waals surface area contributed by atoms with Crippen molar-refractivity contribution in [2.24, 2.45) is 0 Å². The van der Waals surface area contributed by atoms with E-state index >= 15 is 0 Å². The highest BCUT2D eigenvalue weighted by molar-refractivity contribution is 8.05. The molecule has 0 saturated heterocycles. The molecule has 1 rings (SSSR count). The molecule has 21 heavy (non-hydrogen) atoms. The van der Waals surface area contributed by atoms with Gasteiger partial charge in [0.05, 0.1) is 6.61 Å². The van der Waals surface area contributed by atoms with E-state index in [1.165, 1.54) is 0 Å². The molecule has 1 atom stereocenters. The van der Waals surface area contributed by atoms with E-state index in [9.17, 15) is 4.79 Å². The highest BCUT2D eigenvalue weighted by Gasteiger charge is 2.36. The van der Waals surface area contributed by atoms with E-state index in [2.05, 4.69) is 39.9 Å². The van der Waals surface area contributed by atoms with E-state index in [-0.39, 0.29) is 16.3 Å². The first-order chi connectivity index (χ1) is 9.67. The number of hydrogen-bond acceptors (Lipinski definition) is 4. The molecular weight excluding hydrogens is 300 g/mol. The van der Waals surface area contributed by atoms with Gasteiger partial charge >= 0.3 is 5.97 Å². The lowest BCUT2D eigenvalue weighted by molar-refractivity contribution is -0.141. The quantitative estimate of drug-likeness (QED) is 0.408. The maximum absolute atomic E-state index is 11.6. The van der Waals surface area contributed by atoms with Gasteiger partial charge in [-0.3, -0.25) is 4.79 Å². The largest absolute Gasteiger partial charge is 0.465 e. The molecule has 1 aliphatic rings. The van der Waals surface area contributed by atoms with Crippen molar-refractivity contribution in [3.05, 3.63) is 23.1 Å². The maximum atomic E-state index is 11.6. The second kappa shape index (κ2) is 7.65. The fourth-order valence-corrected chi connectivity index (χ4v) is 3.65. The van der Waals surface area contributed by atoms with Crippen LogP contribution in [0.15, 0.2) is 23.1 Å². The van der Waals surface area contributed by atoms with E-state index in [1.54, 1.807) is 11.8 Å². The van der Waals surface area contributed by atoms with Gasteiger partial charge in [0, 0.05) is 11.5 Å². The van der Waals surface area contributed by atoms with Crippen LogP contribution in [0.4, 0.5) is 0 Å². The Morgan fingerprint density at radius 2 is 2.10 bits per heavy atom. The smallest absolute Gasteiger partial charge is 0.323 e. The number of hydrogen-bond donors (Lipinski definition) is 0. The lowest BCUT2D eigenvalue weighted by Crippen LogP contribution is -2.40. The SMILES string of the molecule is CCOC(=O)C1C=CC(=CCCO[Si](C)(C)C(C)(C)C)S1. The molecule has 3 nitrogen and oxygen atoms in total. The monoisotopic (exact) mass is 328 g/mol. The standard InChI is InChI=1S/C16H28O3SSi/c1-7-18-15(17)14-11-10-13(20-14)9-8-12-19-21(5,6)16(2,3)4/h9-11,14H,7-8,12H2,1-6H3. The van der Waals surface area contributed by atoms with E-state index in [1.807, 2.05) is 19.1 Å². The molecule has 0 spiro atoms. The summed E-state index contributed by atoms with van der Waals surface area (Å²) in [6, 6.07) is 0. The molecule has 0 aromatic carbocycles. The Morgan fingerprint density at radius 3 is 2.67 bits per heavy atom. The number of thioether (sulfide) groups is 1. The van der Waals surface area contributed by atoms with Crippen molar-refractivity contribution in [3.8, 4) is 0 Å². The summed E-state index contributed by atoms with van der Waals surface area (Å²) in [6.07, 6.45) is 6.93. The van der Waals surface area contributed by atoms with Crippen LogP contribution >= 0.6 is 11.8 Å². The number of esters is 1. The van der Waals surface area contributed by atoms with Gasteiger partial charge in [0.15, 0.2) is 8.32 Å². The Labute approximate surface area is 134 Å². The first kappa shape index (κ1) is 18.5. The van der Waals surface area contributed by atoms with Gasteiger partial charge in [0.25, 0.3) is 0 Å². The third-order valence-corrected chi connectivity index (χ3v) is 9.67. The summed E-state index contributed by atoms with van der Waals surface area (Å²) in [4.78, 5) is 12.8. The fourth-order valence-electron chi connectivity index (χ4n) is 1.61. The molecule has 0 N–H and O–H groups in total. The summed E-state index contributed by atoms with van der Waals surface area (Å²) < 4.78 is 11.2.